The average molecular weight is 135 g/mol. The molecule has 0 aromatic rings. The van der Waals surface area contributed by atoms with Crippen molar-refractivity contribution in [2.24, 2.45) is 0 Å². The van der Waals surface area contributed by atoms with E-state index in [1.165, 1.54) is 6.42 Å². The molecule has 0 rings (SSSR count). The maximum atomic E-state index is 3.44. The molecule has 0 aliphatic rings. The van der Waals surface area contributed by atoms with Crippen LogP contribution in [-0.4, -0.2) is 6.54 Å². The molecule has 0 radical (unpaired) electrons. The van der Waals surface area contributed by atoms with Gasteiger partial charge in [-0.05, 0) is 13.1 Å². The Morgan fingerprint density at radius 3 is 1.67 bits per heavy atom. The molecule has 9 heavy (non-hydrogen) atoms. The molecule has 0 spiro atoms. The van der Waals surface area contributed by atoms with Gasteiger partial charge in [-0.2, -0.15) is 0 Å². The summed E-state index contributed by atoms with van der Waals surface area (Å²) < 4.78 is 0. The summed E-state index contributed by atoms with van der Waals surface area (Å²) in [5.74, 6) is 0. The van der Waals surface area contributed by atoms with Crippen molar-refractivity contribution in [2.45, 2.75) is 27.2 Å². The minimum absolute atomic E-state index is 0. The van der Waals surface area contributed by atoms with E-state index >= 15 is 0 Å². The summed E-state index contributed by atoms with van der Waals surface area (Å²) in [5, 5.41) is 2.88. The minimum Gasteiger partial charge on any atom is -0.392 e. The fourth-order valence-corrected chi connectivity index (χ4v) is 0.144. The third kappa shape index (κ3) is 103. The SMILES string of the molecule is C=CNCC.CCC.F. The molecule has 0 aromatic carbocycles. The van der Waals surface area contributed by atoms with Crippen molar-refractivity contribution in [1.29, 1.82) is 0 Å². The van der Waals surface area contributed by atoms with Crippen molar-refractivity contribution >= 4 is 0 Å². The fraction of sp³-hybridized carbons (Fsp3) is 0.714. The molecular formula is C7H18FN. The Bertz CT molecular complexity index is 37.9. The minimum atomic E-state index is 0. The Balaban J connectivity index is -0.0000000800. The van der Waals surface area contributed by atoms with E-state index in [1.54, 1.807) is 6.20 Å². The molecule has 0 fully saturated rings. The molecule has 0 aromatic heterocycles. The lowest BCUT2D eigenvalue weighted by molar-refractivity contribution is 0.922. The highest BCUT2D eigenvalue weighted by atomic mass is 19.0. The lowest BCUT2D eigenvalue weighted by Gasteiger charge is -1.83. The van der Waals surface area contributed by atoms with Gasteiger partial charge in [-0.1, -0.05) is 26.8 Å². The summed E-state index contributed by atoms with van der Waals surface area (Å²) in [6.07, 6.45) is 2.93. The fourth-order valence-electron chi connectivity index (χ4n) is 0.144. The van der Waals surface area contributed by atoms with E-state index in [1.807, 2.05) is 6.92 Å². The summed E-state index contributed by atoms with van der Waals surface area (Å²) in [4.78, 5) is 0. The van der Waals surface area contributed by atoms with Crippen molar-refractivity contribution in [3.63, 3.8) is 0 Å². The second-order valence-electron chi connectivity index (χ2n) is 1.47. The van der Waals surface area contributed by atoms with E-state index in [9.17, 15) is 0 Å². The van der Waals surface area contributed by atoms with Crippen LogP contribution in [0, 0.1) is 0 Å². The molecule has 0 unspecified atom stereocenters. The van der Waals surface area contributed by atoms with Gasteiger partial charge < -0.3 is 5.32 Å². The molecule has 0 aliphatic carbocycles. The van der Waals surface area contributed by atoms with E-state index in [-0.39, 0.29) is 4.70 Å². The van der Waals surface area contributed by atoms with Gasteiger partial charge in [-0.15, -0.1) is 0 Å². The Kier molecular flexibility index (Phi) is 45.6. The van der Waals surface area contributed by atoms with Crippen LogP contribution in [0.15, 0.2) is 12.8 Å². The average Bonchev–Trinajstić information content (AvgIpc) is 1.71. The van der Waals surface area contributed by atoms with Crippen molar-refractivity contribution in [3.8, 4) is 0 Å². The zero-order valence-corrected chi connectivity index (χ0v) is 6.61. The van der Waals surface area contributed by atoms with Crippen molar-refractivity contribution in [1.82, 2.24) is 5.32 Å². The second kappa shape index (κ2) is 26.0. The van der Waals surface area contributed by atoms with Crippen LogP contribution in [0.4, 0.5) is 4.70 Å². The molecule has 0 atom stereocenters. The topological polar surface area (TPSA) is 12.0 Å². The molecule has 1 nitrogen and oxygen atoms in total. The van der Waals surface area contributed by atoms with Crippen LogP contribution in [0.1, 0.15) is 27.2 Å². The Morgan fingerprint density at radius 2 is 1.67 bits per heavy atom. The normalized spacial score (nSPS) is 5.67. The van der Waals surface area contributed by atoms with Gasteiger partial charge in [0, 0.05) is 6.54 Å². The van der Waals surface area contributed by atoms with Crippen LogP contribution in [0.5, 0.6) is 0 Å². The van der Waals surface area contributed by atoms with E-state index in [0.29, 0.717) is 0 Å². The van der Waals surface area contributed by atoms with Gasteiger partial charge >= 0.3 is 0 Å². The molecule has 0 heterocycles. The highest BCUT2D eigenvalue weighted by Crippen LogP contribution is 1.56. The van der Waals surface area contributed by atoms with E-state index in [4.69, 9.17) is 0 Å². The number of halogens is 1. The van der Waals surface area contributed by atoms with Gasteiger partial charge in [0.25, 0.3) is 0 Å². The number of hydrogen-bond acceptors (Lipinski definition) is 1. The smallest absolute Gasteiger partial charge is 0.0112 e. The summed E-state index contributed by atoms with van der Waals surface area (Å²) in [5.41, 5.74) is 0. The van der Waals surface area contributed by atoms with E-state index in [0.717, 1.165) is 6.54 Å². The molecule has 0 amide bonds. The van der Waals surface area contributed by atoms with Gasteiger partial charge in [-0.25, -0.2) is 0 Å². The zero-order valence-electron chi connectivity index (χ0n) is 6.61. The highest BCUT2D eigenvalue weighted by Gasteiger charge is 1.54. The van der Waals surface area contributed by atoms with Gasteiger partial charge in [0.2, 0.25) is 0 Å². The predicted octanol–water partition coefficient (Wildman–Crippen LogP) is 2.31. The Labute approximate surface area is 57.5 Å². The summed E-state index contributed by atoms with van der Waals surface area (Å²) in [6, 6.07) is 0. The van der Waals surface area contributed by atoms with Crippen LogP contribution in [0.2, 0.25) is 0 Å². The summed E-state index contributed by atoms with van der Waals surface area (Å²) in [7, 11) is 0. The largest absolute Gasteiger partial charge is 0.392 e. The molecule has 0 saturated carbocycles. The van der Waals surface area contributed by atoms with Crippen molar-refractivity contribution in [3.05, 3.63) is 12.8 Å². The van der Waals surface area contributed by atoms with Gasteiger partial charge in [-0.3, -0.25) is 4.70 Å². The quantitative estimate of drug-likeness (QED) is 0.612. The Morgan fingerprint density at radius 1 is 1.33 bits per heavy atom. The standard InChI is InChI=1S/C4H9N.C3H8.FH/c1-3-5-4-2;1-3-2;/h3,5H,1,4H2,2H3;3H2,1-2H3;1H. The van der Waals surface area contributed by atoms with Gasteiger partial charge in [0.05, 0.1) is 0 Å². The number of rotatable bonds is 2. The second-order valence-corrected chi connectivity index (χ2v) is 1.47. The molecule has 2 heteroatoms. The first kappa shape index (κ1) is 15.8. The third-order valence-corrected chi connectivity index (χ3v) is 0.348. The third-order valence-electron chi connectivity index (χ3n) is 0.348. The van der Waals surface area contributed by atoms with Crippen molar-refractivity contribution < 1.29 is 4.70 Å². The van der Waals surface area contributed by atoms with Crippen LogP contribution in [0.25, 0.3) is 0 Å². The molecule has 0 aliphatic heterocycles. The predicted molar refractivity (Wildman–Crippen MR) is 42.3 cm³/mol. The molecule has 58 valence electrons. The maximum absolute atomic E-state index is 3.44. The van der Waals surface area contributed by atoms with Crippen molar-refractivity contribution in [2.75, 3.05) is 6.54 Å². The first-order valence-electron chi connectivity index (χ1n) is 3.17. The molecule has 0 bridgehead atoms. The monoisotopic (exact) mass is 135 g/mol. The first-order valence-corrected chi connectivity index (χ1v) is 3.17. The lowest BCUT2D eigenvalue weighted by Crippen LogP contribution is -1.99. The van der Waals surface area contributed by atoms with Crippen LogP contribution in [-0.2, 0) is 0 Å². The van der Waals surface area contributed by atoms with Gasteiger partial charge in [0.15, 0.2) is 0 Å². The summed E-state index contributed by atoms with van der Waals surface area (Å²) >= 11 is 0. The molecule has 0 saturated heterocycles. The maximum Gasteiger partial charge on any atom is 0.0112 e. The molecular weight excluding hydrogens is 117 g/mol. The number of nitrogens with one attached hydrogen (secondary N) is 1. The first-order chi connectivity index (χ1) is 3.83. The van der Waals surface area contributed by atoms with E-state index in [2.05, 4.69) is 25.7 Å². The van der Waals surface area contributed by atoms with Crippen LogP contribution < -0.4 is 5.32 Å². The summed E-state index contributed by atoms with van der Waals surface area (Å²) in [6.45, 7) is 10.7. The van der Waals surface area contributed by atoms with Gasteiger partial charge in [0.1, 0.15) is 0 Å². The Hall–Kier alpha value is -0.530. The highest BCUT2D eigenvalue weighted by molar-refractivity contribution is 4.58. The molecule has 1 N–H and O–H groups in total. The van der Waals surface area contributed by atoms with E-state index < -0.39 is 0 Å². The number of hydrogen-bond donors (Lipinski definition) is 1. The van der Waals surface area contributed by atoms with Crippen LogP contribution >= 0.6 is 0 Å². The zero-order chi connectivity index (χ0) is 6.83. The van der Waals surface area contributed by atoms with Crippen LogP contribution in [0.3, 0.4) is 0 Å². The lowest BCUT2D eigenvalue weighted by atomic mass is 10.6.